The molecular weight excluding hydrogens is 455 g/mol. The van der Waals surface area contributed by atoms with Crippen molar-refractivity contribution in [1.29, 1.82) is 0 Å². The summed E-state index contributed by atoms with van der Waals surface area (Å²) in [5.74, 6) is -0.609. The molecule has 0 radical (unpaired) electrons. The van der Waals surface area contributed by atoms with Gasteiger partial charge < -0.3 is 10.1 Å². The van der Waals surface area contributed by atoms with Crippen LogP contribution >= 0.6 is 0 Å². The fourth-order valence-corrected chi connectivity index (χ4v) is 5.52. The number of nitrogens with one attached hydrogen (secondary N) is 1. The standard InChI is InChI=1S/C26H27FN2O4S/c1-18-12-14-19(15-13-18)34(31,32)29(23-10-6-5-9-21(23)27)17-25(30)28-22-16-26(2,3)33-24-11-7-4-8-20(22)24/h4-15,22H,16-17H2,1-3H3,(H,28,30). The van der Waals surface area contributed by atoms with Crippen LogP contribution in [0.2, 0.25) is 0 Å². The number of aryl methyl sites for hydroxylation is 1. The van der Waals surface area contributed by atoms with E-state index < -0.39 is 33.9 Å². The second-order valence-electron chi connectivity index (χ2n) is 9.00. The molecule has 0 saturated carbocycles. The summed E-state index contributed by atoms with van der Waals surface area (Å²) in [5, 5.41) is 2.94. The third kappa shape index (κ3) is 4.92. The maximum absolute atomic E-state index is 14.7. The second-order valence-corrected chi connectivity index (χ2v) is 10.9. The van der Waals surface area contributed by atoms with E-state index in [1.54, 1.807) is 12.1 Å². The number of hydrogen-bond acceptors (Lipinski definition) is 4. The number of benzene rings is 3. The van der Waals surface area contributed by atoms with Gasteiger partial charge in [-0.1, -0.05) is 48.0 Å². The number of carbonyl (C=O) groups excluding carboxylic acids is 1. The summed E-state index contributed by atoms with van der Waals surface area (Å²) in [6.45, 7) is 5.12. The number of hydrogen-bond donors (Lipinski definition) is 1. The number of carbonyl (C=O) groups is 1. The molecule has 1 amide bonds. The van der Waals surface area contributed by atoms with Crippen LogP contribution in [0.3, 0.4) is 0 Å². The van der Waals surface area contributed by atoms with Gasteiger partial charge in [-0.25, -0.2) is 12.8 Å². The van der Waals surface area contributed by atoms with Crippen LogP contribution in [0.25, 0.3) is 0 Å². The maximum atomic E-state index is 14.7. The van der Waals surface area contributed by atoms with Crippen molar-refractivity contribution in [3.8, 4) is 5.75 Å². The third-order valence-corrected chi connectivity index (χ3v) is 7.50. The number of ether oxygens (including phenoxy) is 1. The van der Waals surface area contributed by atoms with E-state index in [2.05, 4.69) is 5.32 Å². The molecule has 0 aromatic heterocycles. The molecule has 0 fully saturated rings. The largest absolute Gasteiger partial charge is 0.487 e. The number of anilines is 1. The minimum Gasteiger partial charge on any atom is -0.487 e. The molecule has 6 nitrogen and oxygen atoms in total. The smallest absolute Gasteiger partial charge is 0.264 e. The van der Waals surface area contributed by atoms with Gasteiger partial charge in [0.2, 0.25) is 5.91 Å². The van der Waals surface area contributed by atoms with Crippen LogP contribution in [-0.2, 0) is 14.8 Å². The number of sulfonamides is 1. The molecule has 1 N–H and O–H groups in total. The first-order valence-electron chi connectivity index (χ1n) is 11.0. The molecule has 0 spiro atoms. The molecular formula is C26H27FN2O4S. The first-order chi connectivity index (χ1) is 16.1. The summed E-state index contributed by atoms with van der Waals surface area (Å²) in [6.07, 6.45) is 0.500. The Bertz CT molecular complexity index is 1310. The number of nitrogens with zero attached hydrogens (tertiary/aromatic N) is 1. The van der Waals surface area contributed by atoms with Gasteiger partial charge in [-0.05, 0) is 51.1 Å². The summed E-state index contributed by atoms with van der Waals surface area (Å²) >= 11 is 0. The zero-order chi connectivity index (χ0) is 24.5. The summed E-state index contributed by atoms with van der Waals surface area (Å²) in [4.78, 5) is 13.2. The molecule has 1 aliphatic heterocycles. The van der Waals surface area contributed by atoms with Gasteiger partial charge in [-0.15, -0.1) is 0 Å². The SMILES string of the molecule is Cc1ccc(S(=O)(=O)N(CC(=O)NC2CC(C)(C)Oc3ccccc32)c2ccccc2F)cc1. The molecule has 178 valence electrons. The fourth-order valence-electron chi connectivity index (χ4n) is 4.09. The molecule has 1 atom stereocenters. The van der Waals surface area contributed by atoms with Gasteiger partial charge in [-0.3, -0.25) is 9.10 Å². The lowest BCUT2D eigenvalue weighted by atomic mass is 9.89. The molecule has 8 heteroatoms. The minimum absolute atomic E-state index is 0.0216. The number of fused-ring (bicyclic) bond motifs is 1. The van der Waals surface area contributed by atoms with E-state index in [9.17, 15) is 17.6 Å². The van der Waals surface area contributed by atoms with Crippen molar-refractivity contribution in [2.24, 2.45) is 0 Å². The highest BCUT2D eigenvalue weighted by atomic mass is 32.2. The van der Waals surface area contributed by atoms with Crippen molar-refractivity contribution in [1.82, 2.24) is 5.32 Å². The first-order valence-corrected chi connectivity index (χ1v) is 12.4. The van der Waals surface area contributed by atoms with Gasteiger partial charge in [0.15, 0.2) is 0 Å². The Morgan fingerprint density at radius 1 is 1.06 bits per heavy atom. The summed E-state index contributed by atoms with van der Waals surface area (Å²) in [6, 6.07) is 18.8. The summed E-state index contributed by atoms with van der Waals surface area (Å²) in [5.41, 5.74) is 0.987. The third-order valence-electron chi connectivity index (χ3n) is 5.73. The van der Waals surface area contributed by atoms with Crippen molar-refractivity contribution >= 4 is 21.6 Å². The lowest BCUT2D eigenvalue weighted by molar-refractivity contribution is -0.120. The van der Waals surface area contributed by atoms with Crippen molar-refractivity contribution in [2.45, 2.75) is 43.7 Å². The van der Waals surface area contributed by atoms with E-state index >= 15 is 0 Å². The molecule has 0 bridgehead atoms. The number of amides is 1. The molecule has 3 aromatic carbocycles. The van der Waals surface area contributed by atoms with Gasteiger partial charge in [0, 0.05) is 12.0 Å². The average molecular weight is 483 g/mol. The van der Waals surface area contributed by atoms with Gasteiger partial charge >= 0.3 is 0 Å². The van der Waals surface area contributed by atoms with Crippen molar-refractivity contribution in [2.75, 3.05) is 10.8 Å². The predicted molar refractivity (Wildman–Crippen MR) is 129 cm³/mol. The van der Waals surface area contributed by atoms with E-state index in [0.29, 0.717) is 12.2 Å². The monoisotopic (exact) mass is 482 g/mol. The minimum atomic E-state index is -4.20. The highest BCUT2D eigenvalue weighted by Crippen LogP contribution is 2.39. The van der Waals surface area contributed by atoms with Crippen LogP contribution in [0.15, 0.2) is 77.7 Å². The van der Waals surface area contributed by atoms with Gasteiger partial charge in [0.1, 0.15) is 23.7 Å². The Kier molecular flexibility index (Phi) is 6.36. The predicted octanol–water partition coefficient (Wildman–Crippen LogP) is 4.75. The maximum Gasteiger partial charge on any atom is 0.264 e. The van der Waals surface area contributed by atoms with Crippen LogP contribution in [0.4, 0.5) is 10.1 Å². The Balaban J connectivity index is 1.66. The summed E-state index contributed by atoms with van der Waals surface area (Å²) in [7, 11) is -4.20. The van der Waals surface area contributed by atoms with E-state index in [1.165, 1.54) is 36.4 Å². The second kappa shape index (κ2) is 9.10. The molecule has 0 aliphatic carbocycles. The number of para-hydroxylation sites is 2. The topological polar surface area (TPSA) is 75.7 Å². The van der Waals surface area contributed by atoms with Crippen LogP contribution in [-0.4, -0.2) is 26.5 Å². The average Bonchev–Trinajstić information content (AvgIpc) is 2.77. The van der Waals surface area contributed by atoms with E-state index in [0.717, 1.165) is 15.4 Å². The molecule has 3 aromatic rings. The van der Waals surface area contributed by atoms with Crippen LogP contribution in [0, 0.1) is 12.7 Å². The number of rotatable bonds is 6. The van der Waals surface area contributed by atoms with E-state index in [4.69, 9.17) is 4.74 Å². The quantitative estimate of drug-likeness (QED) is 0.550. The van der Waals surface area contributed by atoms with Crippen LogP contribution in [0.5, 0.6) is 5.75 Å². The van der Waals surface area contributed by atoms with Gasteiger partial charge in [0.25, 0.3) is 10.0 Å². The van der Waals surface area contributed by atoms with Crippen LogP contribution < -0.4 is 14.4 Å². The molecule has 4 rings (SSSR count). The molecule has 34 heavy (non-hydrogen) atoms. The number of halogens is 1. The fraction of sp³-hybridized carbons (Fsp3) is 0.269. The van der Waals surface area contributed by atoms with E-state index in [-0.39, 0.29) is 16.6 Å². The Labute approximate surface area is 199 Å². The van der Waals surface area contributed by atoms with Gasteiger partial charge in [0.05, 0.1) is 16.6 Å². The van der Waals surface area contributed by atoms with Crippen molar-refractivity contribution in [3.63, 3.8) is 0 Å². The highest BCUT2D eigenvalue weighted by molar-refractivity contribution is 7.92. The molecule has 1 heterocycles. The lowest BCUT2D eigenvalue weighted by Crippen LogP contribution is -2.45. The molecule has 1 unspecified atom stereocenters. The van der Waals surface area contributed by atoms with Crippen LogP contribution in [0.1, 0.15) is 37.4 Å². The normalized spacial score (nSPS) is 16.8. The Morgan fingerprint density at radius 2 is 1.71 bits per heavy atom. The molecule has 0 saturated heterocycles. The van der Waals surface area contributed by atoms with Crippen molar-refractivity contribution < 1.29 is 22.3 Å². The van der Waals surface area contributed by atoms with Crippen molar-refractivity contribution in [3.05, 3.63) is 89.7 Å². The van der Waals surface area contributed by atoms with E-state index in [1.807, 2.05) is 45.0 Å². The Hall–Kier alpha value is -3.39. The highest BCUT2D eigenvalue weighted by Gasteiger charge is 2.35. The zero-order valence-electron chi connectivity index (χ0n) is 19.3. The Morgan fingerprint density at radius 3 is 2.41 bits per heavy atom. The zero-order valence-corrected chi connectivity index (χ0v) is 20.1. The summed E-state index contributed by atoms with van der Waals surface area (Å²) < 4.78 is 48.5. The lowest BCUT2D eigenvalue weighted by Gasteiger charge is -2.38. The van der Waals surface area contributed by atoms with Gasteiger partial charge in [-0.2, -0.15) is 0 Å². The molecule has 1 aliphatic rings. The first kappa shape index (κ1) is 23.8.